The largest absolute Gasteiger partial charge is 0.396 e. The van der Waals surface area contributed by atoms with Gasteiger partial charge in [0.15, 0.2) is 0 Å². The van der Waals surface area contributed by atoms with E-state index >= 15 is 0 Å². The fraction of sp³-hybridized carbons (Fsp3) is 0.714. The minimum Gasteiger partial charge on any atom is -0.396 e. The molecule has 1 atom stereocenters. The Balaban J connectivity index is 2.20. The molecule has 2 heterocycles. The van der Waals surface area contributed by atoms with Gasteiger partial charge in [-0.05, 0) is 31.6 Å². The normalized spacial score (nSPS) is 19.5. The molecule has 19 heavy (non-hydrogen) atoms. The molecule has 0 radical (unpaired) electrons. The molecule has 1 unspecified atom stereocenters. The van der Waals surface area contributed by atoms with Gasteiger partial charge in [0.2, 0.25) is 0 Å². The summed E-state index contributed by atoms with van der Waals surface area (Å²) < 4.78 is 0. The Morgan fingerprint density at radius 1 is 1.47 bits per heavy atom. The topological polar surface area (TPSA) is 61.3 Å². The van der Waals surface area contributed by atoms with E-state index < -0.39 is 0 Å². The lowest BCUT2D eigenvalue weighted by Gasteiger charge is -2.34. The lowest BCUT2D eigenvalue weighted by atomic mass is 9.95. The smallest absolute Gasteiger partial charge is 0.137 e. The zero-order valence-electron chi connectivity index (χ0n) is 11.9. The van der Waals surface area contributed by atoms with Gasteiger partial charge in [0, 0.05) is 32.3 Å². The predicted molar refractivity (Wildman–Crippen MR) is 77.6 cm³/mol. The number of aromatic nitrogens is 2. The number of rotatable bonds is 5. The number of hydrogen-bond acceptors (Lipinski definition) is 5. The summed E-state index contributed by atoms with van der Waals surface area (Å²) in [5, 5.41) is 12.2. The highest BCUT2D eigenvalue weighted by Crippen LogP contribution is 2.28. The highest BCUT2D eigenvalue weighted by molar-refractivity contribution is 5.58. The fourth-order valence-electron chi connectivity index (χ4n) is 2.89. The molecule has 106 valence electrons. The van der Waals surface area contributed by atoms with Crippen molar-refractivity contribution in [3.8, 4) is 0 Å². The van der Waals surface area contributed by atoms with Crippen molar-refractivity contribution < 1.29 is 5.11 Å². The highest BCUT2D eigenvalue weighted by atomic mass is 16.3. The first-order valence-corrected chi connectivity index (χ1v) is 7.17. The third-order valence-electron chi connectivity index (χ3n) is 3.87. The summed E-state index contributed by atoms with van der Waals surface area (Å²) in [4.78, 5) is 11.1. The van der Waals surface area contributed by atoms with Gasteiger partial charge in [-0.2, -0.15) is 0 Å². The van der Waals surface area contributed by atoms with Crippen LogP contribution in [0, 0.1) is 5.92 Å². The number of anilines is 2. The van der Waals surface area contributed by atoms with Crippen LogP contribution in [0.5, 0.6) is 0 Å². The van der Waals surface area contributed by atoms with Crippen molar-refractivity contribution in [3.05, 3.63) is 11.9 Å². The second-order valence-corrected chi connectivity index (χ2v) is 5.09. The van der Waals surface area contributed by atoms with Crippen LogP contribution in [0.3, 0.4) is 0 Å². The van der Waals surface area contributed by atoms with E-state index in [0.717, 1.165) is 37.6 Å². The predicted octanol–water partition coefficient (Wildman–Crippen LogP) is 1.68. The maximum Gasteiger partial charge on any atom is 0.137 e. The molecule has 0 saturated carbocycles. The van der Waals surface area contributed by atoms with Crippen LogP contribution in [-0.4, -0.2) is 41.8 Å². The Labute approximate surface area is 115 Å². The molecule has 0 bridgehead atoms. The zero-order chi connectivity index (χ0) is 13.7. The number of piperidine rings is 1. The van der Waals surface area contributed by atoms with Crippen molar-refractivity contribution in [3.63, 3.8) is 0 Å². The van der Waals surface area contributed by atoms with E-state index in [1.165, 1.54) is 18.4 Å². The Morgan fingerprint density at radius 3 is 3.00 bits per heavy atom. The monoisotopic (exact) mass is 264 g/mol. The Morgan fingerprint density at radius 2 is 2.32 bits per heavy atom. The van der Waals surface area contributed by atoms with Crippen LogP contribution < -0.4 is 10.2 Å². The summed E-state index contributed by atoms with van der Waals surface area (Å²) >= 11 is 0. The van der Waals surface area contributed by atoms with Crippen molar-refractivity contribution in [1.29, 1.82) is 0 Å². The van der Waals surface area contributed by atoms with Gasteiger partial charge in [0.1, 0.15) is 18.0 Å². The lowest BCUT2D eigenvalue weighted by molar-refractivity contribution is 0.244. The minimum atomic E-state index is 0.282. The molecule has 1 aromatic rings. The van der Waals surface area contributed by atoms with E-state index in [4.69, 9.17) is 5.11 Å². The Bertz CT molecular complexity index is 408. The highest BCUT2D eigenvalue weighted by Gasteiger charge is 2.23. The Kier molecular flexibility index (Phi) is 4.96. The van der Waals surface area contributed by atoms with Crippen LogP contribution >= 0.6 is 0 Å². The van der Waals surface area contributed by atoms with Crippen LogP contribution in [0.1, 0.15) is 31.7 Å². The standard InChI is InChI=1S/C14H24N4O/c1-3-12-13(15-2)16-10-17-14(12)18-7-4-5-11(9-18)6-8-19/h10-11,19H,3-9H2,1-2H3,(H,15,16,17). The fourth-order valence-corrected chi connectivity index (χ4v) is 2.89. The number of aliphatic hydroxyl groups is 1. The molecule has 1 aliphatic heterocycles. The number of nitrogens with zero attached hydrogens (tertiary/aromatic N) is 3. The average Bonchev–Trinajstić information content (AvgIpc) is 2.47. The molecule has 1 saturated heterocycles. The molecular formula is C14H24N4O. The van der Waals surface area contributed by atoms with Gasteiger partial charge < -0.3 is 15.3 Å². The van der Waals surface area contributed by atoms with Crippen LogP contribution in [0.2, 0.25) is 0 Å². The molecule has 2 rings (SSSR count). The first kappa shape index (κ1) is 14.1. The zero-order valence-corrected chi connectivity index (χ0v) is 11.9. The maximum absolute atomic E-state index is 9.10. The van der Waals surface area contributed by atoms with Crippen LogP contribution in [0.15, 0.2) is 6.33 Å². The molecule has 0 aliphatic carbocycles. The van der Waals surface area contributed by atoms with Gasteiger partial charge in [-0.15, -0.1) is 0 Å². The second-order valence-electron chi connectivity index (χ2n) is 5.09. The van der Waals surface area contributed by atoms with Crippen molar-refractivity contribution in [2.24, 2.45) is 5.92 Å². The maximum atomic E-state index is 9.10. The summed E-state index contributed by atoms with van der Waals surface area (Å²) in [6.45, 7) is 4.46. The van der Waals surface area contributed by atoms with E-state index in [-0.39, 0.29) is 6.61 Å². The molecule has 1 fully saturated rings. The van der Waals surface area contributed by atoms with Crippen LogP contribution in [-0.2, 0) is 6.42 Å². The van der Waals surface area contributed by atoms with Crippen molar-refractivity contribution in [2.45, 2.75) is 32.6 Å². The lowest BCUT2D eigenvalue weighted by Crippen LogP contribution is -2.37. The molecule has 2 N–H and O–H groups in total. The van der Waals surface area contributed by atoms with Gasteiger partial charge in [-0.3, -0.25) is 0 Å². The third kappa shape index (κ3) is 3.15. The minimum absolute atomic E-state index is 0.282. The van der Waals surface area contributed by atoms with Crippen LogP contribution in [0.25, 0.3) is 0 Å². The number of nitrogens with one attached hydrogen (secondary N) is 1. The van der Waals surface area contributed by atoms with Gasteiger partial charge in [-0.25, -0.2) is 9.97 Å². The molecule has 0 amide bonds. The molecule has 0 aromatic carbocycles. The van der Waals surface area contributed by atoms with E-state index in [1.807, 2.05) is 7.05 Å². The van der Waals surface area contributed by atoms with E-state index in [2.05, 4.69) is 27.1 Å². The van der Waals surface area contributed by atoms with Crippen molar-refractivity contribution >= 4 is 11.6 Å². The van der Waals surface area contributed by atoms with E-state index in [1.54, 1.807) is 6.33 Å². The SMILES string of the molecule is CCc1c(NC)ncnc1N1CCCC(CCO)C1. The van der Waals surface area contributed by atoms with Crippen LogP contribution in [0.4, 0.5) is 11.6 Å². The molecule has 1 aliphatic rings. The summed E-state index contributed by atoms with van der Waals surface area (Å²) in [5.74, 6) is 2.57. The summed E-state index contributed by atoms with van der Waals surface area (Å²) in [5.41, 5.74) is 1.19. The third-order valence-corrected chi connectivity index (χ3v) is 3.87. The molecule has 1 aromatic heterocycles. The second kappa shape index (κ2) is 6.70. The van der Waals surface area contributed by atoms with Gasteiger partial charge in [0.25, 0.3) is 0 Å². The Hall–Kier alpha value is -1.36. The van der Waals surface area contributed by atoms with Gasteiger partial charge >= 0.3 is 0 Å². The summed E-state index contributed by atoms with van der Waals surface area (Å²) in [6, 6.07) is 0. The average molecular weight is 264 g/mol. The number of hydrogen-bond donors (Lipinski definition) is 2. The summed E-state index contributed by atoms with van der Waals surface area (Å²) in [7, 11) is 1.90. The number of aliphatic hydroxyl groups excluding tert-OH is 1. The van der Waals surface area contributed by atoms with E-state index in [0.29, 0.717) is 5.92 Å². The van der Waals surface area contributed by atoms with Crippen molar-refractivity contribution in [2.75, 3.05) is 37.0 Å². The first-order chi connectivity index (χ1) is 9.30. The molecular weight excluding hydrogens is 240 g/mol. The first-order valence-electron chi connectivity index (χ1n) is 7.17. The quantitative estimate of drug-likeness (QED) is 0.847. The van der Waals surface area contributed by atoms with Gasteiger partial charge in [-0.1, -0.05) is 6.92 Å². The van der Waals surface area contributed by atoms with Crippen molar-refractivity contribution in [1.82, 2.24) is 9.97 Å². The molecule has 5 heteroatoms. The van der Waals surface area contributed by atoms with Gasteiger partial charge in [0.05, 0.1) is 0 Å². The summed E-state index contributed by atoms with van der Waals surface area (Å²) in [6.07, 6.45) is 5.83. The molecule has 5 nitrogen and oxygen atoms in total. The molecule has 0 spiro atoms. The van der Waals surface area contributed by atoms with E-state index in [9.17, 15) is 0 Å².